The number of rotatable bonds is 25. The maximum absolute atomic E-state index is 12.7. The van der Waals surface area contributed by atoms with E-state index in [1.54, 1.807) is 60.6 Å². The molecule has 0 aliphatic rings. The molecule has 320 valence electrons. The normalized spacial score (nSPS) is 12.3. The van der Waals surface area contributed by atoms with Crippen LogP contribution in [0.15, 0.2) is 18.2 Å². The molecule has 18 nitrogen and oxygen atoms in total. The van der Waals surface area contributed by atoms with Gasteiger partial charge in [0, 0.05) is 31.0 Å². The molecule has 4 amide bonds. The third-order valence-corrected chi connectivity index (χ3v) is 7.02. The fourth-order valence-electron chi connectivity index (χ4n) is 4.54. The van der Waals surface area contributed by atoms with Crippen LogP contribution in [-0.4, -0.2) is 129 Å². The van der Waals surface area contributed by atoms with Gasteiger partial charge in [-0.1, -0.05) is 13.0 Å². The molecule has 0 saturated heterocycles. The number of carbonyl (C=O) groups excluding carboxylic acids is 5. The fraction of sp³-hybridized carbons (Fsp3) is 0.641. The molecule has 0 radical (unpaired) electrons. The average Bonchev–Trinajstić information content (AvgIpc) is 3.08. The zero-order valence-corrected chi connectivity index (χ0v) is 34.1. The van der Waals surface area contributed by atoms with E-state index in [0.29, 0.717) is 5.56 Å². The summed E-state index contributed by atoms with van der Waals surface area (Å²) in [4.78, 5) is 71.9. The van der Waals surface area contributed by atoms with Crippen molar-refractivity contribution in [1.82, 2.24) is 16.0 Å². The first-order valence-electron chi connectivity index (χ1n) is 18.7. The van der Waals surface area contributed by atoms with E-state index in [-0.39, 0.29) is 103 Å². The van der Waals surface area contributed by atoms with Crippen LogP contribution in [0.4, 0.5) is 10.5 Å². The summed E-state index contributed by atoms with van der Waals surface area (Å²) in [6.45, 7) is 13.9. The molecule has 1 aromatic rings. The minimum atomic E-state index is -0.947. The van der Waals surface area contributed by atoms with Crippen LogP contribution >= 0.6 is 0 Å². The largest absolute Gasteiger partial charge is 0.506 e. The van der Waals surface area contributed by atoms with E-state index >= 15 is 0 Å². The zero-order valence-electron chi connectivity index (χ0n) is 34.1. The minimum Gasteiger partial charge on any atom is -0.506 e. The standard InChI is InChI=1S/C39H60N4O14/c1-27(36(50)56-38(2,3)4)24-29(42-37(51)57-39(5,6)7)25-28-8-9-31(44)30(26-28)43-34(47)12-16-52-20-22-54-18-14-40-32(45)10-11-33(46)41-15-19-55-23-21-53-17-13-35(48)49/h8-9,26-27,29,44H,12-25H2,1-7H3,(H,40,45)(H,41,46)(H,42,51)(H,43,47)(H,48,49). The Hall–Kier alpha value is -4.96. The van der Waals surface area contributed by atoms with Gasteiger partial charge in [-0.25, -0.2) is 4.79 Å². The Balaban J connectivity index is 2.39. The fourth-order valence-corrected chi connectivity index (χ4v) is 4.54. The van der Waals surface area contributed by atoms with Crippen LogP contribution in [0.1, 0.15) is 73.3 Å². The number of phenolic OH excluding ortho intramolecular Hbond substituents is 1. The van der Waals surface area contributed by atoms with E-state index in [0.717, 1.165) is 0 Å². The maximum Gasteiger partial charge on any atom is 0.407 e. The lowest BCUT2D eigenvalue weighted by molar-refractivity contribution is -0.159. The van der Waals surface area contributed by atoms with Crippen molar-refractivity contribution in [2.45, 2.75) is 91.4 Å². The van der Waals surface area contributed by atoms with Crippen LogP contribution in [0.5, 0.6) is 5.75 Å². The van der Waals surface area contributed by atoms with Gasteiger partial charge in [0.1, 0.15) is 17.0 Å². The molecule has 57 heavy (non-hydrogen) atoms. The lowest BCUT2D eigenvalue weighted by Crippen LogP contribution is -2.42. The van der Waals surface area contributed by atoms with Gasteiger partial charge in [-0.15, -0.1) is 0 Å². The first kappa shape index (κ1) is 50.1. The molecule has 0 aromatic heterocycles. The molecule has 1 aromatic carbocycles. The molecule has 0 aliphatic carbocycles. The molecule has 2 atom stereocenters. The number of carboxylic acid groups (broad SMARTS) is 1. The van der Waals surface area contributed by atoms with Gasteiger partial charge in [-0.05, 0) is 72.1 Å². The van der Waals surface area contributed by atoms with Gasteiger partial charge in [-0.3, -0.25) is 24.0 Å². The minimum absolute atomic E-state index is 0.0135. The van der Waals surface area contributed by atoms with Crippen molar-refractivity contribution in [2.75, 3.05) is 71.3 Å². The topological polar surface area (TPSA) is 246 Å². The monoisotopic (exact) mass is 808 g/mol. The first-order chi connectivity index (χ1) is 26.7. The van der Waals surface area contributed by atoms with Gasteiger partial charge >= 0.3 is 18.0 Å². The SMILES string of the molecule is CC(CC(Cc1ccc(O)c(NC(=O)CCOCCOCCNC(=O)C#CC(=O)NCCOCCOCCC(=O)O)c1)NC(=O)OC(C)(C)C)C(=O)OC(C)(C)C. The molecule has 0 saturated carbocycles. The van der Waals surface area contributed by atoms with Crippen molar-refractivity contribution in [3.8, 4) is 17.6 Å². The van der Waals surface area contributed by atoms with Crippen molar-refractivity contribution in [2.24, 2.45) is 5.92 Å². The number of nitrogens with one attached hydrogen (secondary N) is 4. The summed E-state index contributed by atoms with van der Waals surface area (Å²) in [5, 5.41) is 29.4. The third kappa shape index (κ3) is 27.3. The number of ether oxygens (including phenoxy) is 6. The predicted molar refractivity (Wildman–Crippen MR) is 207 cm³/mol. The highest BCUT2D eigenvalue weighted by atomic mass is 16.6. The molecular formula is C39H60N4O14. The molecule has 0 heterocycles. The summed E-state index contributed by atoms with van der Waals surface area (Å²) < 4.78 is 32.1. The summed E-state index contributed by atoms with van der Waals surface area (Å²) in [6, 6.07) is 4.15. The molecular weight excluding hydrogens is 748 g/mol. The number of alkyl carbamates (subject to hydrolysis) is 1. The number of hydrogen-bond donors (Lipinski definition) is 6. The quantitative estimate of drug-likeness (QED) is 0.0359. The van der Waals surface area contributed by atoms with Gasteiger partial charge in [0.25, 0.3) is 11.8 Å². The highest BCUT2D eigenvalue weighted by Crippen LogP contribution is 2.26. The number of carboxylic acids is 1. The molecule has 0 bridgehead atoms. The van der Waals surface area contributed by atoms with Crippen LogP contribution < -0.4 is 21.3 Å². The summed E-state index contributed by atoms with van der Waals surface area (Å²) in [7, 11) is 0. The van der Waals surface area contributed by atoms with Crippen LogP contribution in [0.2, 0.25) is 0 Å². The lowest BCUT2D eigenvalue weighted by atomic mass is 9.95. The van der Waals surface area contributed by atoms with Gasteiger partial charge < -0.3 is 59.9 Å². The molecule has 0 aliphatic heterocycles. The number of phenols is 1. The van der Waals surface area contributed by atoms with Crippen LogP contribution in [0.25, 0.3) is 0 Å². The highest BCUT2D eigenvalue weighted by Gasteiger charge is 2.27. The molecule has 0 spiro atoms. The van der Waals surface area contributed by atoms with E-state index in [2.05, 4.69) is 33.1 Å². The summed E-state index contributed by atoms with van der Waals surface area (Å²) in [5.41, 5.74) is -0.556. The van der Waals surface area contributed by atoms with E-state index in [4.69, 9.17) is 33.5 Å². The molecule has 6 N–H and O–H groups in total. The Labute approximate surface area is 334 Å². The summed E-state index contributed by atoms with van der Waals surface area (Å²) in [5.74, 6) is 0.560. The van der Waals surface area contributed by atoms with Gasteiger partial charge in [0.2, 0.25) is 5.91 Å². The number of carbonyl (C=O) groups is 6. The average molecular weight is 809 g/mol. The zero-order chi connectivity index (χ0) is 42.9. The Morgan fingerprint density at radius 1 is 0.719 bits per heavy atom. The van der Waals surface area contributed by atoms with E-state index in [9.17, 15) is 33.9 Å². The van der Waals surface area contributed by atoms with E-state index in [1.807, 2.05) is 0 Å². The van der Waals surface area contributed by atoms with Crippen molar-refractivity contribution >= 4 is 41.4 Å². The second-order valence-corrected chi connectivity index (χ2v) is 14.7. The van der Waals surface area contributed by atoms with Gasteiger partial charge in [0.15, 0.2) is 0 Å². The first-order valence-corrected chi connectivity index (χ1v) is 18.7. The molecule has 18 heteroatoms. The smallest absolute Gasteiger partial charge is 0.407 e. The van der Waals surface area contributed by atoms with Crippen molar-refractivity contribution in [1.29, 1.82) is 0 Å². The van der Waals surface area contributed by atoms with E-state index < -0.39 is 58.9 Å². The Kier molecular flexibility index (Phi) is 23.5. The number of hydrogen-bond acceptors (Lipinski definition) is 13. The van der Waals surface area contributed by atoms with Crippen LogP contribution in [0.3, 0.4) is 0 Å². The lowest BCUT2D eigenvalue weighted by Gasteiger charge is -2.27. The highest BCUT2D eigenvalue weighted by molar-refractivity contribution is 6.02. The second-order valence-electron chi connectivity index (χ2n) is 14.7. The Bertz CT molecular complexity index is 1510. The number of benzene rings is 1. The number of esters is 1. The maximum atomic E-state index is 12.7. The van der Waals surface area contributed by atoms with Crippen LogP contribution in [-0.2, 0) is 58.8 Å². The number of anilines is 1. The van der Waals surface area contributed by atoms with Crippen molar-refractivity contribution in [3.05, 3.63) is 23.8 Å². The van der Waals surface area contributed by atoms with Crippen LogP contribution in [0, 0.1) is 17.8 Å². The second kappa shape index (κ2) is 26.8. The molecule has 0 fully saturated rings. The summed E-state index contributed by atoms with van der Waals surface area (Å²) in [6.07, 6.45) is -0.231. The van der Waals surface area contributed by atoms with Crippen molar-refractivity contribution < 1.29 is 67.4 Å². The predicted octanol–water partition coefficient (Wildman–Crippen LogP) is 2.30. The Morgan fingerprint density at radius 3 is 1.74 bits per heavy atom. The van der Waals surface area contributed by atoms with Gasteiger partial charge in [-0.2, -0.15) is 0 Å². The molecule has 1 rings (SSSR count). The van der Waals surface area contributed by atoms with Crippen molar-refractivity contribution in [3.63, 3.8) is 0 Å². The third-order valence-electron chi connectivity index (χ3n) is 7.02. The summed E-state index contributed by atoms with van der Waals surface area (Å²) >= 11 is 0. The number of aliphatic carboxylic acids is 1. The molecule has 2 unspecified atom stereocenters. The number of amides is 4. The van der Waals surface area contributed by atoms with Gasteiger partial charge in [0.05, 0.1) is 77.3 Å². The number of aromatic hydroxyl groups is 1. The Morgan fingerprint density at radius 2 is 1.23 bits per heavy atom. The van der Waals surface area contributed by atoms with E-state index in [1.165, 1.54) is 6.07 Å².